The highest BCUT2D eigenvalue weighted by atomic mass is 32.2. The van der Waals surface area contributed by atoms with Crippen molar-refractivity contribution in [2.24, 2.45) is 5.92 Å². The van der Waals surface area contributed by atoms with Crippen LogP contribution in [0.5, 0.6) is 0 Å². The molecular weight excluding hydrogens is 256 g/mol. The molecule has 6 nitrogen and oxygen atoms in total. The first-order chi connectivity index (χ1) is 8.25. The van der Waals surface area contributed by atoms with Gasteiger partial charge in [0.15, 0.2) is 0 Å². The van der Waals surface area contributed by atoms with E-state index in [-0.39, 0.29) is 19.6 Å². The van der Waals surface area contributed by atoms with Crippen molar-refractivity contribution in [1.82, 2.24) is 8.61 Å². The summed E-state index contributed by atoms with van der Waals surface area (Å²) < 4.78 is 26.9. The van der Waals surface area contributed by atoms with Gasteiger partial charge in [0.1, 0.15) is 0 Å². The van der Waals surface area contributed by atoms with Crippen LogP contribution in [0.1, 0.15) is 19.8 Å². The van der Waals surface area contributed by atoms with Crippen LogP contribution in [0.4, 0.5) is 0 Å². The van der Waals surface area contributed by atoms with Crippen molar-refractivity contribution in [1.29, 1.82) is 0 Å². The van der Waals surface area contributed by atoms with Crippen molar-refractivity contribution in [2.45, 2.75) is 19.8 Å². The number of carboxylic acids is 1. The molecule has 1 fully saturated rings. The molecule has 0 aromatic carbocycles. The third-order valence-electron chi connectivity index (χ3n) is 3.02. The smallest absolute Gasteiger partial charge is 0.306 e. The molecule has 0 bridgehead atoms. The monoisotopic (exact) mass is 276 g/mol. The Balaban J connectivity index is 2.66. The molecule has 1 heterocycles. The normalized spacial score (nSPS) is 19.1. The fraction of sp³-hybridized carbons (Fsp3) is 0.727. The van der Waals surface area contributed by atoms with Gasteiger partial charge in [-0.25, -0.2) is 0 Å². The van der Waals surface area contributed by atoms with Crippen LogP contribution in [0.3, 0.4) is 0 Å². The molecule has 1 rings (SSSR count). The Kier molecular flexibility index (Phi) is 4.89. The minimum absolute atomic E-state index is 0.264. The maximum Gasteiger partial charge on any atom is 0.306 e. The summed E-state index contributed by atoms with van der Waals surface area (Å²) in [5, 5.41) is 8.87. The number of likely N-dealkylation sites (N-methyl/N-ethyl adjacent to an activating group) is 1. The molecule has 0 aliphatic carbocycles. The van der Waals surface area contributed by atoms with Gasteiger partial charge in [-0.3, -0.25) is 4.79 Å². The van der Waals surface area contributed by atoms with Crippen LogP contribution in [0.2, 0.25) is 0 Å². The molecule has 0 radical (unpaired) electrons. The van der Waals surface area contributed by atoms with Crippen molar-refractivity contribution in [2.75, 3.05) is 26.7 Å². The number of nitrogens with zero attached hydrogens (tertiary/aromatic N) is 2. The van der Waals surface area contributed by atoms with Gasteiger partial charge in [-0.2, -0.15) is 17.0 Å². The summed E-state index contributed by atoms with van der Waals surface area (Å²) in [4.78, 5) is 10.8. The van der Waals surface area contributed by atoms with Gasteiger partial charge in [-0.15, -0.1) is 0 Å². The molecule has 0 atom stereocenters. The predicted octanol–water partition coefficient (Wildman–Crippen LogP) is 0.536. The topological polar surface area (TPSA) is 77.9 Å². The maximum atomic E-state index is 12.2. The first-order valence-electron chi connectivity index (χ1n) is 5.83. The molecule has 7 heteroatoms. The van der Waals surface area contributed by atoms with Crippen molar-refractivity contribution >= 4 is 16.2 Å². The standard InChI is InChI=1S/C11H20N2O4S/c1-9(2)8-12(3)18(16,17)13-6-4-10(5-7-13)11(14)15/h10H,1,4-8H2,2-3H3,(H,14,15). The van der Waals surface area contributed by atoms with Crippen LogP contribution < -0.4 is 0 Å². The van der Waals surface area contributed by atoms with E-state index in [1.165, 1.54) is 15.7 Å². The maximum absolute atomic E-state index is 12.2. The average molecular weight is 276 g/mol. The largest absolute Gasteiger partial charge is 0.481 e. The zero-order valence-electron chi connectivity index (χ0n) is 10.8. The second-order valence-corrected chi connectivity index (χ2v) is 6.77. The van der Waals surface area contributed by atoms with Gasteiger partial charge in [0.05, 0.1) is 5.92 Å². The van der Waals surface area contributed by atoms with Crippen LogP contribution in [0.25, 0.3) is 0 Å². The highest BCUT2D eigenvalue weighted by Gasteiger charge is 2.33. The minimum Gasteiger partial charge on any atom is -0.481 e. The molecule has 1 saturated heterocycles. The number of rotatable bonds is 5. The molecule has 0 aromatic rings. The number of carboxylic acid groups (broad SMARTS) is 1. The number of carbonyl (C=O) groups is 1. The van der Waals surface area contributed by atoms with Crippen molar-refractivity contribution in [3.63, 3.8) is 0 Å². The Morgan fingerprint density at radius 2 is 1.94 bits per heavy atom. The lowest BCUT2D eigenvalue weighted by Crippen LogP contribution is -2.46. The zero-order chi connectivity index (χ0) is 13.9. The molecule has 0 unspecified atom stereocenters. The van der Waals surface area contributed by atoms with E-state index in [9.17, 15) is 13.2 Å². The second-order valence-electron chi connectivity index (χ2n) is 4.73. The summed E-state index contributed by atoms with van der Waals surface area (Å²) >= 11 is 0. The molecular formula is C11H20N2O4S. The van der Waals surface area contributed by atoms with E-state index < -0.39 is 22.1 Å². The van der Waals surface area contributed by atoms with Crippen molar-refractivity contribution < 1.29 is 18.3 Å². The van der Waals surface area contributed by atoms with Crippen LogP contribution in [-0.4, -0.2) is 54.8 Å². The molecule has 0 spiro atoms. The van der Waals surface area contributed by atoms with Gasteiger partial charge in [-0.1, -0.05) is 12.2 Å². The second kappa shape index (κ2) is 5.81. The Hall–Kier alpha value is -0.920. The fourth-order valence-electron chi connectivity index (χ4n) is 1.99. The van der Waals surface area contributed by atoms with E-state index in [0.717, 1.165) is 5.57 Å². The van der Waals surface area contributed by atoms with Gasteiger partial charge < -0.3 is 5.11 Å². The van der Waals surface area contributed by atoms with Crippen LogP contribution in [-0.2, 0) is 15.0 Å². The Morgan fingerprint density at radius 1 is 1.44 bits per heavy atom. The van der Waals surface area contributed by atoms with Crippen LogP contribution in [0.15, 0.2) is 12.2 Å². The van der Waals surface area contributed by atoms with Gasteiger partial charge in [0.2, 0.25) is 0 Å². The molecule has 1 N–H and O–H groups in total. The average Bonchev–Trinajstić information content (AvgIpc) is 2.28. The molecule has 18 heavy (non-hydrogen) atoms. The third kappa shape index (κ3) is 3.54. The van der Waals surface area contributed by atoms with E-state index in [1.807, 2.05) is 0 Å². The van der Waals surface area contributed by atoms with Crippen molar-refractivity contribution in [3.05, 3.63) is 12.2 Å². The fourth-order valence-corrected chi connectivity index (χ4v) is 3.44. The quantitative estimate of drug-likeness (QED) is 0.743. The first-order valence-corrected chi connectivity index (χ1v) is 7.23. The summed E-state index contributed by atoms with van der Waals surface area (Å²) in [5.74, 6) is -1.27. The molecule has 104 valence electrons. The first kappa shape index (κ1) is 15.1. The minimum atomic E-state index is -3.49. The number of piperidine rings is 1. The SMILES string of the molecule is C=C(C)CN(C)S(=O)(=O)N1CCC(C(=O)O)CC1. The van der Waals surface area contributed by atoms with E-state index in [0.29, 0.717) is 12.8 Å². The Bertz CT molecular complexity index is 424. The lowest BCUT2D eigenvalue weighted by atomic mass is 9.99. The van der Waals surface area contributed by atoms with E-state index in [4.69, 9.17) is 5.11 Å². The predicted molar refractivity (Wildman–Crippen MR) is 68.3 cm³/mol. The highest BCUT2D eigenvalue weighted by Crippen LogP contribution is 2.21. The van der Waals surface area contributed by atoms with Gasteiger partial charge in [-0.05, 0) is 19.8 Å². The third-order valence-corrected chi connectivity index (χ3v) is 4.95. The highest BCUT2D eigenvalue weighted by molar-refractivity contribution is 7.86. The number of hydrogen-bond donors (Lipinski definition) is 1. The lowest BCUT2D eigenvalue weighted by molar-refractivity contribution is -0.142. The summed E-state index contributed by atoms with van der Waals surface area (Å²) in [6.07, 6.45) is 0.741. The molecule has 1 aliphatic heterocycles. The molecule has 0 saturated carbocycles. The summed E-state index contributed by atoms with van der Waals surface area (Å²) in [7, 11) is -1.99. The van der Waals surface area contributed by atoms with E-state index in [2.05, 4.69) is 6.58 Å². The summed E-state index contributed by atoms with van der Waals surface area (Å²) in [6.45, 7) is 6.26. The lowest BCUT2D eigenvalue weighted by Gasteiger charge is -2.32. The van der Waals surface area contributed by atoms with Crippen LogP contribution >= 0.6 is 0 Å². The van der Waals surface area contributed by atoms with Crippen molar-refractivity contribution in [3.8, 4) is 0 Å². The number of aliphatic carboxylic acids is 1. The van der Waals surface area contributed by atoms with Crippen LogP contribution in [0, 0.1) is 5.92 Å². The molecule has 0 aromatic heterocycles. The van der Waals surface area contributed by atoms with Gasteiger partial charge in [0.25, 0.3) is 10.2 Å². The summed E-state index contributed by atoms with van der Waals surface area (Å²) in [5.41, 5.74) is 0.765. The van der Waals surface area contributed by atoms with E-state index >= 15 is 0 Å². The zero-order valence-corrected chi connectivity index (χ0v) is 11.6. The molecule has 0 amide bonds. The molecule has 1 aliphatic rings. The van der Waals surface area contributed by atoms with Gasteiger partial charge >= 0.3 is 5.97 Å². The summed E-state index contributed by atoms with van der Waals surface area (Å²) in [6, 6.07) is 0. The number of hydrogen-bond acceptors (Lipinski definition) is 3. The van der Waals surface area contributed by atoms with E-state index in [1.54, 1.807) is 6.92 Å². The Labute approximate surface area is 108 Å². The van der Waals surface area contributed by atoms with Gasteiger partial charge in [0, 0.05) is 26.7 Å². The Morgan fingerprint density at radius 3 is 2.33 bits per heavy atom.